The van der Waals surface area contributed by atoms with Crippen molar-refractivity contribution in [2.45, 2.75) is 50.6 Å². The Kier molecular flexibility index (Phi) is 7.62. The fourth-order valence-corrected chi connectivity index (χ4v) is 6.37. The molecule has 2 aromatic carbocycles. The lowest BCUT2D eigenvalue weighted by Gasteiger charge is -2.39. The van der Waals surface area contributed by atoms with E-state index >= 15 is 0 Å². The van der Waals surface area contributed by atoms with Crippen LogP contribution < -0.4 is 0 Å². The van der Waals surface area contributed by atoms with Gasteiger partial charge in [-0.05, 0) is 36.8 Å². The second-order valence-electron chi connectivity index (χ2n) is 11.1. The molecule has 4 amide bonds. The van der Waals surface area contributed by atoms with Crippen molar-refractivity contribution in [1.29, 1.82) is 0 Å². The Morgan fingerprint density at radius 2 is 0.950 bits per heavy atom. The second-order valence-corrected chi connectivity index (χ2v) is 11.1. The molecule has 0 aliphatic carbocycles. The Morgan fingerprint density at radius 3 is 1.32 bits per heavy atom. The molecule has 0 bridgehead atoms. The fourth-order valence-electron chi connectivity index (χ4n) is 6.37. The second kappa shape index (κ2) is 11.6. The predicted molar refractivity (Wildman–Crippen MR) is 152 cm³/mol. The molecule has 4 aliphatic rings. The quantitative estimate of drug-likeness (QED) is 0.574. The van der Waals surface area contributed by atoms with Crippen LogP contribution >= 0.6 is 0 Å². The Hall–Kier alpha value is -4.01. The molecule has 0 aromatic heterocycles. The summed E-state index contributed by atoms with van der Waals surface area (Å²) in [5.41, 5.74) is 2.19. The highest BCUT2D eigenvalue weighted by molar-refractivity contribution is 5.83. The first-order valence-corrected chi connectivity index (χ1v) is 14.4. The molecular formula is C31H36N6O3. The van der Waals surface area contributed by atoms with Crippen LogP contribution in [0.3, 0.4) is 0 Å². The van der Waals surface area contributed by atoms with Crippen molar-refractivity contribution < 1.29 is 14.4 Å². The molecule has 9 nitrogen and oxygen atoms in total. The lowest BCUT2D eigenvalue weighted by molar-refractivity contribution is -0.139. The monoisotopic (exact) mass is 540 g/mol. The third kappa shape index (κ3) is 5.24. The minimum absolute atomic E-state index is 0.0134. The van der Waals surface area contributed by atoms with Gasteiger partial charge >= 0.3 is 6.03 Å². The van der Waals surface area contributed by atoms with Crippen LogP contribution in [0.1, 0.15) is 61.7 Å². The first kappa shape index (κ1) is 26.2. The van der Waals surface area contributed by atoms with E-state index in [1.54, 1.807) is 10.0 Å². The Morgan fingerprint density at radius 1 is 0.575 bits per heavy atom. The predicted octanol–water partition coefficient (Wildman–Crippen LogP) is 4.45. The first-order valence-electron chi connectivity index (χ1n) is 14.4. The van der Waals surface area contributed by atoms with E-state index in [0.29, 0.717) is 51.9 Å². The number of amides is 4. The SMILES string of the molecule is O=C(N1CCC(C(=O)N2N=CCC2c2ccccc2)CC1)N1CCC(C(=O)N2N=CCC2c2ccccc2)CC1. The van der Waals surface area contributed by atoms with Gasteiger partial charge in [0.05, 0.1) is 12.1 Å². The molecule has 40 heavy (non-hydrogen) atoms. The Balaban J connectivity index is 0.986. The summed E-state index contributed by atoms with van der Waals surface area (Å²) >= 11 is 0. The van der Waals surface area contributed by atoms with E-state index in [9.17, 15) is 14.4 Å². The van der Waals surface area contributed by atoms with E-state index in [1.165, 1.54) is 0 Å². The lowest BCUT2D eigenvalue weighted by atomic mass is 9.93. The van der Waals surface area contributed by atoms with Crippen molar-refractivity contribution in [3.05, 3.63) is 71.8 Å². The van der Waals surface area contributed by atoms with E-state index in [4.69, 9.17) is 0 Å². The third-order valence-electron chi connectivity index (χ3n) is 8.71. The number of likely N-dealkylation sites (tertiary alicyclic amines) is 2. The number of piperidine rings is 2. The molecule has 0 N–H and O–H groups in total. The van der Waals surface area contributed by atoms with Crippen molar-refractivity contribution in [1.82, 2.24) is 19.8 Å². The summed E-state index contributed by atoms with van der Waals surface area (Å²) in [6.45, 7) is 2.23. The number of hydrazone groups is 2. The summed E-state index contributed by atoms with van der Waals surface area (Å²) < 4.78 is 0. The van der Waals surface area contributed by atoms with E-state index in [2.05, 4.69) is 10.2 Å². The van der Waals surface area contributed by atoms with E-state index in [0.717, 1.165) is 24.0 Å². The number of rotatable bonds is 4. The van der Waals surface area contributed by atoms with Crippen LogP contribution in [-0.4, -0.2) is 76.3 Å². The molecule has 2 aromatic rings. The summed E-state index contributed by atoms with van der Waals surface area (Å²) in [7, 11) is 0. The number of carbonyl (C=O) groups excluding carboxylic acids is 3. The molecule has 6 rings (SSSR count). The van der Waals surface area contributed by atoms with Crippen molar-refractivity contribution >= 4 is 30.3 Å². The molecule has 2 atom stereocenters. The zero-order chi connectivity index (χ0) is 27.5. The Labute approximate surface area is 235 Å². The van der Waals surface area contributed by atoms with Crippen LogP contribution in [0.15, 0.2) is 70.9 Å². The number of benzene rings is 2. The third-order valence-corrected chi connectivity index (χ3v) is 8.71. The van der Waals surface area contributed by atoms with Gasteiger partial charge in [-0.25, -0.2) is 14.8 Å². The highest BCUT2D eigenvalue weighted by atomic mass is 16.2. The lowest BCUT2D eigenvalue weighted by Crippen LogP contribution is -2.51. The van der Waals surface area contributed by atoms with Gasteiger partial charge in [0, 0.05) is 63.3 Å². The zero-order valence-corrected chi connectivity index (χ0v) is 22.7. The van der Waals surface area contributed by atoms with Crippen LogP contribution in [0.4, 0.5) is 4.79 Å². The topological polar surface area (TPSA) is 88.9 Å². The molecule has 0 radical (unpaired) electrons. The van der Waals surface area contributed by atoms with Gasteiger partial charge in [-0.3, -0.25) is 9.59 Å². The largest absolute Gasteiger partial charge is 0.325 e. The minimum atomic E-state index is -0.132. The number of carbonyl (C=O) groups is 3. The van der Waals surface area contributed by atoms with Gasteiger partial charge in [0.1, 0.15) is 0 Å². The van der Waals surface area contributed by atoms with Gasteiger partial charge in [0.15, 0.2) is 0 Å². The number of hydrogen-bond acceptors (Lipinski definition) is 5. The highest BCUT2D eigenvalue weighted by Gasteiger charge is 2.38. The van der Waals surface area contributed by atoms with Crippen LogP contribution in [0.25, 0.3) is 0 Å². The average Bonchev–Trinajstić information content (AvgIpc) is 3.72. The average molecular weight is 541 g/mol. The summed E-state index contributed by atoms with van der Waals surface area (Å²) in [5.74, 6) is -0.167. The molecule has 2 saturated heterocycles. The van der Waals surface area contributed by atoms with Gasteiger partial charge in [-0.1, -0.05) is 60.7 Å². The van der Waals surface area contributed by atoms with E-state index < -0.39 is 0 Å². The molecule has 9 heteroatoms. The maximum atomic E-state index is 13.3. The van der Waals surface area contributed by atoms with Crippen molar-refractivity contribution in [3.8, 4) is 0 Å². The molecule has 2 unspecified atom stereocenters. The smallest absolute Gasteiger partial charge is 0.319 e. The highest BCUT2D eigenvalue weighted by Crippen LogP contribution is 2.33. The first-order chi connectivity index (χ1) is 19.6. The van der Waals surface area contributed by atoms with E-state index in [1.807, 2.05) is 82.9 Å². The fraction of sp³-hybridized carbons (Fsp3) is 0.452. The number of urea groups is 1. The summed E-state index contributed by atoms with van der Waals surface area (Å²) in [6, 6.07) is 20.0. The summed E-state index contributed by atoms with van der Waals surface area (Å²) in [5, 5.41) is 12.1. The maximum Gasteiger partial charge on any atom is 0.319 e. The van der Waals surface area contributed by atoms with Crippen molar-refractivity contribution in [2.24, 2.45) is 22.0 Å². The van der Waals surface area contributed by atoms with Crippen LogP contribution in [0, 0.1) is 11.8 Å². The number of nitrogens with zero attached hydrogens (tertiary/aromatic N) is 6. The molecule has 0 spiro atoms. The summed E-state index contributed by atoms with van der Waals surface area (Å²) in [4.78, 5) is 43.7. The normalized spacial score (nSPS) is 23.7. The molecule has 0 saturated carbocycles. The number of hydrogen-bond donors (Lipinski definition) is 0. The zero-order valence-electron chi connectivity index (χ0n) is 22.7. The molecular weight excluding hydrogens is 504 g/mol. The Bertz CT molecular complexity index is 1170. The minimum Gasteiger partial charge on any atom is -0.325 e. The molecule has 4 heterocycles. The van der Waals surface area contributed by atoms with Gasteiger partial charge < -0.3 is 9.80 Å². The molecule has 208 valence electrons. The van der Waals surface area contributed by atoms with E-state index in [-0.39, 0.29) is 41.8 Å². The van der Waals surface area contributed by atoms with Gasteiger partial charge in [0.2, 0.25) is 11.8 Å². The standard InChI is InChI=1S/C31H36N6O3/c38-29(36-27(11-17-32-36)23-7-3-1-4-8-23)25-13-19-34(20-14-25)31(40)35-21-15-26(16-22-35)30(39)37-28(12-18-33-37)24-9-5-2-6-10-24/h1-10,17-18,25-28H,11-16,19-22H2. The summed E-state index contributed by atoms with van der Waals surface area (Å²) in [6.07, 6.45) is 7.65. The molecule has 2 fully saturated rings. The van der Waals surface area contributed by atoms with Gasteiger partial charge in [0.25, 0.3) is 0 Å². The van der Waals surface area contributed by atoms with Crippen LogP contribution in [0.2, 0.25) is 0 Å². The maximum absolute atomic E-state index is 13.3. The van der Waals surface area contributed by atoms with Gasteiger partial charge in [-0.2, -0.15) is 10.2 Å². The van der Waals surface area contributed by atoms with Gasteiger partial charge in [-0.15, -0.1) is 0 Å². The van der Waals surface area contributed by atoms with Crippen LogP contribution in [-0.2, 0) is 9.59 Å². The van der Waals surface area contributed by atoms with Crippen molar-refractivity contribution in [3.63, 3.8) is 0 Å². The molecule has 4 aliphatic heterocycles. The van der Waals surface area contributed by atoms with Crippen molar-refractivity contribution in [2.75, 3.05) is 26.2 Å². The van der Waals surface area contributed by atoms with Crippen LogP contribution in [0.5, 0.6) is 0 Å².